The smallest absolute Gasteiger partial charge is 0.264 e. The molecule has 3 heterocycles. The number of rotatable bonds is 6. The highest BCUT2D eigenvalue weighted by Gasteiger charge is 2.66. The minimum absolute atomic E-state index is 0.115. The molecule has 4 N–H and O–H groups in total. The van der Waals surface area contributed by atoms with Crippen LogP contribution in [0.1, 0.15) is 40.4 Å². The van der Waals surface area contributed by atoms with Crippen molar-refractivity contribution >= 4 is 43.2 Å². The van der Waals surface area contributed by atoms with E-state index in [-0.39, 0.29) is 30.7 Å². The zero-order valence-corrected chi connectivity index (χ0v) is 26.9. The molecule has 236 valence electrons. The van der Waals surface area contributed by atoms with Crippen molar-refractivity contribution in [1.29, 1.82) is 0 Å². The summed E-state index contributed by atoms with van der Waals surface area (Å²) >= 11 is 0. The van der Waals surface area contributed by atoms with Crippen LogP contribution in [0.5, 0.6) is 0 Å². The molecule has 3 aromatic rings. The zero-order chi connectivity index (χ0) is 32.3. The quantitative estimate of drug-likeness (QED) is 0.208. The summed E-state index contributed by atoms with van der Waals surface area (Å²) in [5.74, 6) is -1.51. The minimum atomic E-state index is -3.50. The SMILES string of the molecule is C[C@@H]1[C@@H]([Si](C)(C)F)[C@H](CC(=O)N2Cc3ccccc3C[C@H]2CO)O[C@@]12C(=O)N(C)c1ccc(NC(=O)c3ccc(N)cc3)cc12. The summed E-state index contributed by atoms with van der Waals surface area (Å²) in [7, 11) is -1.85. The normalized spacial score (nSPS) is 25.8. The number of benzene rings is 3. The fraction of sp³-hybridized carbons (Fsp3) is 0.382. The van der Waals surface area contributed by atoms with Gasteiger partial charge in [-0.25, -0.2) is 0 Å². The second-order valence-electron chi connectivity index (χ2n) is 13.0. The summed E-state index contributed by atoms with van der Waals surface area (Å²) in [5, 5.41) is 13.1. The lowest BCUT2D eigenvalue weighted by Crippen LogP contribution is -2.48. The van der Waals surface area contributed by atoms with Gasteiger partial charge in [0.2, 0.25) is 14.3 Å². The van der Waals surface area contributed by atoms with Gasteiger partial charge >= 0.3 is 0 Å². The summed E-state index contributed by atoms with van der Waals surface area (Å²) in [6.07, 6.45) is -0.444. The number of hydrogen-bond donors (Lipinski definition) is 3. The van der Waals surface area contributed by atoms with Crippen LogP contribution in [0.25, 0.3) is 0 Å². The van der Waals surface area contributed by atoms with E-state index < -0.39 is 37.6 Å². The number of fused-ring (bicyclic) bond motifs is 3. The number of ether oxygens (including phenoxy) is 1. The number of amides is 3. The van der Waals surface area contributed by atoms with Gasteiger partial charge in [-0.3, -0.25) is 14.4 Å². The van der Waals surface area contributed by atoms with Gasteiger partial charge in [0.15, 0.2) is 5.60 Å². The van der Waals surface area contributed by atoms with E-state index in [4.69, 9.17) is 10.5 Å². The van der Waals surface area contributed by atoms with E-state index in [1.54, 1.807) is 67.5 Å². The summed E-state index contributed by atoms with van der Waals surface area (Å²) in [6.45, 7) is 5.16. The summed E-state index contributed by atoms with van der Waals surface area (Å²) in [6, 6.07) is 19.2. The molecule has 6 rings (SSSR count). The number of likely N-dealkylation sites (N-methyl/N-ethyl adjacent to an activating group) is 1. The Kier molecular flexibility index (Phi) is 7.83. The topological polar surface area (TPSA) is 125 Å². The number of nitrogens with one attached hydrogen (secondary N) is 1. The first-order chi connectivity index (χ1) is 21.3. The number of nitrogen functional groups attached to an aromatic ring is 1. The molecule has 11 heteroatoms. The van der Waals surface area contributed by atoms with E-state index in [9.17, 15) is 19.5 Å². The number of nitrogens with zero attached hydrogens (tertiary/aromatic N) is 2. The molecule has 0 unspecified atom stereocenters. The second-order valence-corrected chi connectivity index (χ2v) is 16.8. The minimum Gasteiger partial charge on any atom is -0.399 e. The van der Waals surface area contributed by atoms with Gasteiger partial charge in [-0.05, 0) is 73.1 Å². The van der Waals surface area contributed by atoms with Crippen LogP contribution < -0.4 is 16.0 Å². The number of hydrogen-bond acceptors (Lipinski definition) is 6. The predicted octanol–water partition coefficient (Wildman–Crippen LogP) is 4.61. The Morgan fingerprint density at radius 2 is 1.80 bits per heavy atom. The van der Waals surface area contributed by atoms with Gasteiger partial charge in [0.05, 0.1) is 30.9 Å². The standard InChI is InChI=1S/C34H39FN4O5Si/c1-20-31(45(3,4)35)29(17-30(41)39-18-23-8-6-5-7-22(23)15-26(39)19-40)44-34(20)27-16-25(13-14-28(27)38(2)33(34)43)37-32(42)21-9-11-24(36)12-10-21/h5-14,16,20,26,29,31,40H,15,17-19,36H2,1-4H3,(H,37,42)/t20-,26+,29+,31-,34+/m1/s1. The summed E-state index contributed by atoms with van der Waals surface area (Å²) < 4.78 is 22.9. The van der Waals surface area contributed by atoms with E-state index in [0.29, 0.717) is 41.2 Å². The van der Waals surface area contributed by atoms with Gasteiger partial charge in [0.25, 0.3) is 11.8 Å². The zero-order valence-electron chi connectivity index (χ0n) is 25.9. The van der Waals surface area contributed by atoms with Crippen molar-refractivity contribution in [2.24, 2.45) is 5.92 Å². The molecule has 5 atom stereocenters. The molecule has 0 aromatic heterocycles. The first-order valence-corrected chi connectivity index (χ1v) is 18.2. The lowest BCUT2D eigenvalue weighted by atomic mass is 9.82. The van der Waals surface area contributed by atoms with Gasteiger partial charge in [-0.2, -0.15) is 0 Å². The maximum Gasteiger partial charge on any atom is 0.264 e. The fourth-order valence-electron chi connectivity index (χ4n) is 7.60. The van der Waals surface area contributed by atoms with Gasteiger partial charge in [-0.15, -0.1) is 0 Å². The van der Waals surface area contributed by atoms with Gasteiger partial charge in [-0.1, -0.05) is 31.2 Å². The molecule has 1 fully saturated rings. The molecular weight excluding hydrogens is 591 g/mol. The van der Waals surface area contributed by atoms with Crippen molar-refractivity contribution in [2.45, 2.75) is 62.7 Å². The highest BCUT2D eigenvalue weighted by Crippen LogP contribution is 2.60. The molecule has 0 radical (unpaired) electrons. The number of anilines is 3. The lowest BCUT2D eigenvalue weighted by Gasteiger charge is -2.37. The third-order valence-electron chi connectivity index (χ3n) is 9.78. The number of aliphatic hydroxyl groups is 1. The number of nitrogens with two attached hydrogens (primary N) is 1. The first kappa shape index (κ1) is 30.9. The van der Waals surface area contributed by atoms with Gasteiger partial charge < -0.3 is 34.8 Å². The Hall–Kier alpha value is -4.06. The number of carbonyl (C=O) groups is 3. The van der Waals surface area contributed by atoms with Crippen molar-refractivity contribution in [3.8, 4) is 0 Å². The molecule has 3 aliphatic heterocycles. The average Bonchev–Trinajstić information content (AvgIpc) is 3.42. The number of carbonyl (C=O) groups excluding carboxylic acids is 3. The molecule has 0 bridgehead atoms. The van der Waals surface area contributed by atoms with Crippen LogP contribution in [-0.4, -0.2) is 61.9 Å². The van der Waals surface area contributed by atoms with Crippen LogP contribution in [0, 0.1) is 5.92 Å². The third kappa shape index (κ3) is 5.22. The third-order valence-corrected chi connectivity index (χ3v) is 12.2. The van der Waals surface area contributed by atoms with Crippen LogP contribution in [-0.2, 0) is 32.9 Å². The van der Waals surface area contributed by atoms with Crippen molar-refractivity contribution in [3.05, 3.63) is 89.0 Å². The molecule has 3 aliphatic rings. The van der Waals surface area contributed by atoms with Crippen molar-refractivity contribution in [3.63, 3.8) is 0 Å². The second kappa shape index (κ2) is 11.4. The number of aliphatic hydroxyl groups excluding tert-OH is 1. The summed E-state index contributed by atoms with van der Waals surface area (Å²) in [4.78, 5) is 44.2. The van der Waals surface area contributed by atoms with Crippen LogP contribution in [0.3, 0.4) is 0 Å². The molecule has 0 aliphatic carbocycles. The molecule has 0 saturated carbocycles. The molecule has 45 heavy (non-hydrogen) atoms. The Balaban J connectivity index is 1.32. The Morgan fingerprint density at radius 3 is 2.47 bits per heavy atom. The highest BCUT2D eigenvalue weighted by molar-refractivity contribution is 6.72. The van der Waals surface area contributed by atoms with Crippen molar-refractivity contribution in [1.82, 2.24) is 4.90 Å². The predicted molar refractivity (Wildman–Crippen MR) is 173 cm³/mol. The first-order valence-electron chi connectivity index (χ1n) is 15.3. The van der Waals surface area contributed by atoms with E-state index in [0.717, 1.165) is 11.1 Å². The maximum atomic E-state index is 16.2. The van der Waals surface area contributed by atoms with Crippen LogP contribution in [0.4, 0.5) is 21.2 Å². The molecular formula is C34H39FN4O5Si. The van der Waals surface area contributed by atoms with Crippen LogP contribution >= 0.6 is 0 Å². The number of halogens is 1. The van der Waals surface area contributed by atoms with Gasteiger partial charge in [0, 0.05) is 47.6 Å². The monoisotopic (exact) mass is 630 g/mol. The molecule has 3 aromatic carbocycles. The molecule has 9 nitrogen and oxygen atoms in total. The van der Waals surface area contributed by atoms with Crippen LogP contribution in [0.2, 0.25) is 18.6 Å². The highest BCUT2D eigenvalue weighted by atomic mass is 28.4. The van der Waals surface area contributed by atoms with E-state index in [1.807, 2.05) is 31.2 Å². The lowest BCUT2D eigenvalue weighted by molar-refractivity contribution is -0.150. The Labute approximate surface area is 263 Å². The molecule has 1 saturated heterocycles. The molecule has 3 amide bonds. The van der Waals surface area contributed by atoms with Crippen LogP contribution in [0.15, 0.2) is 66.7 Å². The van der Waals surface area contributed by atoms with Gasteiger partial charge in [0.1, 0.15) is 0 Å². The summed E-state index contributed by atoms with van der Waals surface area (Å²) in [5.41, 5.74) is 8.24. The fourth-order valence-corrected chi connectivity index (χ4v) is 10.1. The Morgan fingerprint density at radius 1 is 1.11 bits per heavy atom. The van der Waals surface area contributed by atoms with E-state index >= 15 is 4.11 Å². The van der Waals surface area contributed by atoms with E-state index in [1.165, 1.54) is 4.90 Å². The average molecular weight is 631 g/mol. The maximum absolute atomic E-state index is 16.2. The largest absolute Gasteiger partial charge is 0.399 e. The van der Waals surface area contributed by atoms with Crippen molar-refractivity contribution < 1.29 is 28.3 Å². The molecule has 1 spiro atoms. The van der Waals surface area contributed by atoms with Crippen molar-refractivity contribution in [2.75, 3.05) is 29.6 Å². The van der Waals surface area contributed by atoms with E-state index in [2.05, 4.69) is 5.32 Å². The Bertz CT molecular complexity index is 1660.